The summed E-state index contributed by atoms with van der Waals surface area (Å²) < 4.78 is 45.0. The largest absolute Gasteiger partial charge is 0.489 e. The van der Waals surface area contributed by atoms with Gasteiger partial charge in [-0.2, -0.15) is 4.31 Å². The van der Waals surface area contributed by atoms with E-state index in [1.165, 1.54) is 28.6 Å². The van der Waals surface area contributed by atoms with Gasteiger partial charge in [-0.25, -0.2) is 12.8 Å². The van der Waals surface area contributed by atoms with Crippen molar-refractivity contribution in [3.8, 4) is 5.75 Å². The van der Waals surface area contributed by atoms with E-state index < -0.39 is 16.1 Å². The third-order valence-electron chi connectivity index (χ3n) is 4.14. The zero-order chi connectivity index (χ0) is 17.9. The van der Waals surface area contributed by atoms with Crippen molar-refractivity contribution in [3.63, 3.8) is 0 Å². The molecular weight excluding hydrogens is 345 g/mol. The number of ether oxygens (including phenoxy) is 1. The standard InChI is InChI=1S/C18H20FNO4S/c19-15-5-3-14(4-6-15)13-24-17-7-9-18(10-8-17)25(22,23)20-11-1-2-16(21)12-20/h3-10,16,21H,1-2,11-13H2. The highest BCUT2D eigenvalue weighted by Crippen LogP contribution is 2.23. The average molecular weight is 365 g/mol. The molecule has 1 aliphatic rings. The molecule has 1 atom stereocenters. The lowest BCUT2D eigenvalue weighted by Gasteiger charge is -2.29. The van der Waals surface area contributed by atoms with E-state index in [1.54, 1.807) is 24.3 Å². The van der Waals surface area contributed by atoms with Crippen molar-refractivity contribution in [2.75, 3.05) is 13.1 Å². The molecular formula is C18H20FNO4S. The Bertz CT molecular complexity index is 806. The van der Waals surface area contributed by atoms with Crippen molar-refractivity contribution in [3.05, 3.63) is 59.9 Å². The summed E-state index contributed by atoms with van der Waals surface area (Å²) in [6.07, 6.45) is 0.670. The molecule has 25 heavy (non-hydrogen) atoms. The molecule has 0 saturated carbocycles. The molecule has 0 aromatic heterocycles. The minimum atomic E-state index is -3.61. The maximum atomic E-state index is 12.9. The van der Waals surface area contributed by atoms with Crippen LogP contribution >= 0.6 is 0 Å². The van der Waals surface area contributed by atoms with Crippen molar-refractivity contribution in [2.24, 2.45) is 0 Å². The predicted molar refractivity (Wildman–Crippen MR) is 91.2 cm³/mol. The summed E-state index contributed by atoms with van der Waals surface area (Å²) in [6, 6.07) is 12.2. The van der Waals surface area contributed by atoms with Gasteiger partial charge in [0.2, 0.25) is 10.0 Å². The molecule has 0 spiro atoms. The van der Waals surface area contributed by atoms with Gasteiger partial charge in [0, 0.05) is 13.1 Å². The fourth-order valence-corrected chi connectivity index (χ4v) is 4.26. The highest BCUT2D eigenvalue weighted by molar-refractivity contribution is 7.89. The molecule has 1 saturated heterocycles. The second-order valence-electron chi connectivity index (χ2n) is 6.05. The number of benzene rings is 2. The number of hydrogen-bond acceptors (Lipinski definition) is 4. The molecule has 2 aromatic rings. The van der Waals surface area contributed by atoms with Crippen LogP contribution in [0.15, 0.2) is 53.4 Å². The third-order valence-corrected chi connectivity index (χ3v) is 6.02. The van der Waals surface area contributed by atoms with Crippen LogP contribution in [-0.4, -0.2) is 37.0 Å². The molecule has 1 fully saturated rings. The van der Waals surface area contributed by atoms with Crippen molar-refractivity contribution < 1.29 is 22.7 Å². The summed E-state index contributed by atoms with van der Waals surface area (Å²) in [7, 11) is -3.61. The number of sulfonamides is 1. The van der Waals surface area contributed by atoms with Gasteiger partial charge in [-0.3, -0.25) is 0 Å². The Labute approximate surface area is 146 Å². The van der Waals surface area contributed by atoms with Crippen molar-refractivity contribution in [1.29, 1.82) is 0 Å². The Balaban J connectivity index is 1.66. The van der Waals surface area contributed by atoms with Gasteiger partial charge in [0.1, 0.15) is 18.2 Å². The Morgan fingerprint density at radius 2 is 1.80 bits per heavy atom. The van der Waals surface area contributed by atoms with Gasteiger partial charge in [0.25, 0.3) is 0 Å². The molecule has 0 amide bonds. The van der Waals surface area contributed by atoms with Crippen LogP contribution in [0.1, 0.15) is 18.4 Å². The smallest absolute Gasteiger partial charge is 0.243 e. The number of piperidine rings is 1. The fourth-order valence-electron chi connectivity index (χ4n) is 2.74. The first-order chi connectivity index (χ1) is 11.9. The SMILES string of the molecule is O=S(=O)(c1ccc(OCc2ccc(F)cc2)cc1)N1CCCC(O)C1. The first-order valence-electron chi connectivity index (χ1n) is 8.11. The van der Waals surface area contributed by atoms with E-state index >= 15 is 0 Å². The molecule has 1 aliphatic heterocycles. The highest BCUT2D eigenvalue weighted by atomic mass is 32.2. The minimum Gasteiger partial charge on any atom is -0.489 e. The number of hydrogen-bond donors (Lipinski definition) is 1. The van der Waals surface area contributed by atoms with E-state index in [-0.39, 0.29) is 23.9 Å². The van der Waals surface area contributed by atoms with Crippen LogP contribution < -0.4 is 4.74 Å². The minimum absolute atomic E-state index is 0.130. The third kappa shape index (κ3) is 4.36. The lowest BCUT2D eigenvalue weighted by molar-refractivity contribution is 0.108. The highest BCUT2D eigenvalue weighted by Gasteiger charge is 2.29. The average Bonchev–Trinajstić information content (AvgIpc) is 2.62. The summed E-state index contributed by atoms with van der Waals surface area (Å²) in [5.41, 5.74) is 0.820. The normalized spacial score (nSPS) is 18.9. The first kappa shape index (κ1) is 17.8. The molecule has 1 N–H and O–H groups in total. The fraction of sp³-hybridized carbons (Fsp3) is 0.333. The molecule has 1 heterocycles. The predicted octanol–water partition coefficient (Wildman–Crippen LogP) is 2.55. The van der Waals surface area contributed by atoms with Crippen LogP contribution in [0.4, 0.5) is 4.39 Å². The summed E-state index contributed by atoms with van der Waals surface area (Å²) in [6.45, 7) is 0.818. The van der Waals surface area contributed by atoms with Gasteiger partial charge in [-0.1, -0.05) is 12.1 Å². The van der Waals surface area contributed by atoms with E-state index in [4.69, 9.17) is 4.74 Å². The monoisotopic (exact) mass is 365 g/mol. The Hall–Kier alpha value is -1.96. The lowest BCUT2D eigenvalue weighted by atomic mass is 10.1. The number of halogens is 1. The van der Waals surface area contributed by atoms with Crippen LogP contribution in [0.25, 0.3) is 0 Å². The molecule has 5 nitrogen and oxygen atoms in total. The van der Waals surface area contributed by atoms with E-state index in [9.17, 15) is 17.9 Å². The molecule has 0 aliphatic carbocycles. The lowest BCUT2D eigenvalue weighted by Crippen LogP contribution is -2.42. The van der Waals surface area contributed by atoms with Crippen LogP contribution in [0.2, 0.25) is 0 Å². The molecule has 134 valence electrons. The summed E-state index contributed by atoms with van der Waals surface area (Å²) >= 11 is 0. The van der Waals surface area contributed by atoms with Gasteiger partial charge in [0.05, 0.1) is 11.0 Å². The van der Waals surface area contributed by atoms with E-state index in [0.29, 0.717) is 25.1 Å². The molecule has 0 radical (unpaired) electrons. The topological polar surface area (TPSA) is 66.8 Å². The van der Waals surface area contributed by atoms with Crippen molar-refractivity contribution in [1.82, 2.24) is 4.31 Å². The second-order valence-corrected chi connectivity index (χ2v) is 7.98. The number of aliphatic hydroxyl groups excluding tert-OH is 1. The van der Waals surface area contributed by atoms with Gasteiger partial charge < -0.3 is 9.84 Å². The van der Waals surface area contributed by atoms with Gasteiger partial charge in [0.15, 0.2) is 0 Å². The van der Waals surface area contributed by atoms with Crippen LogP contribution in [0.5, 0.6) is 5.75 Å². The first-order valence-corrected chi connectivity index (χ1v) is 9.55. The Morgan fingerprint density at radius 1 is 1.12 bits per heavy atom. The summed E-state index contributed by atoms with van der Waals surface area (Å²) in [4.78, 5) is 0.177. The Kier molecular flexibility index (Phi) is 5.36. The molecule has 1 unspecified atom stereocenters. The Morgan fingerprint density at radius 3 is 2.44 bits per heavy atom. The van der Waals surface area contributed by atoms with Crippen LogP contribution in [0, 0.1) is 5.82 Å². The maximum absolute atomic E-state index is 12.9. The maximum Gasteiger partial charge on any atom is 0.243 e. The second kappa shape index (κ2) is 7.51. The quantitative estimate of drug-likeness (QED) is 0.884. The van der Waals surface area contributed by atoms with Gasteiger partial charge in [-0.15, -0.1) is 0 Å². The van der Waals surface area contributed by atoms with E-state index in [0.717, 1.165) is 5.56 Å². The van der Waals surface area contributed by atoms with Gasteiger partial charge >= 0.3 is 0 Å². The van der Waals surface area contributed by atoms with Crippen molar-refractivity contribution >= 4 is 10.0 Å². The van der Waals surface area contributed by atoms with Crippen LogP contribution in [-0.2, 0) is 16.6 Å². The van der Waals surface area contributed by atoms with Crippen LogP contribution in [0.3, 0.4) is 0 Å². The number of β-amino-alcohol motifs (C(OH)–C–C–N with tert-alkyl or cyclic N) is 1. The molecule has 2 aromatic carbocycles. The number of aliphatic hydroxyl groups is 1. The number of nitrogens with zero attached hydrogens (tertiary/aromatic N) is 1. The summed E-state index contributed by atoms with van der Waals surface area (Å²) in [5.74, 6) is 0.225. The van der Waals surface area contributed by atoms with Crippen molar-refractivity contribution in [2.45, 2.75) is 30.4 Å². The molecule has 0 bridgehead atoms. The molecule has 3 rings (SSSR count). The zero-order valence-corrected chi connectivity index (χ0v) is 14.5. The zero-order valence-electron chi connectivity index (χ0n) is 13.6. The summed E-state index contributed by atoms with van der Waals surface area (Å²) in [5, 5.41) is 9.68. The molecule has 7 heteroatoms. The number of rotatable bonds is 5. The van der Waals surface area contributed by atoms with E-state index in [2.05, 4.69) is 0 Å². The van der Waals surface area contributed by atoms with E-state index in [1.807, 2.05) is 0 Å². The van der Waals surface area contributed by atoms with Gasteiger partial charge in [-0.05, 0) is 54.8 Å².